The lowest BCUT2D eigenvalue weighted by Crippen LogP contribution is -2.16. The summed E-state index contributed by atoms with van der Waals surface area (Å²) in [6.07, 6.45) is -2.68. The normalized spacial score (nSPS) is 10.6. The highest BCUT2D eigenvalue weighted by Crippen LogP contribution is 2.20. The van der Waals surface area contributed by atoms with Gasteiger partial charge in [-0.05, 0) is 18.2 Å². The Labute approximate surface area is 113 Å². The molecule has 20 heavy (non-hydrogen) atoms. The molecule has 1 rings (SSSR count). The molecule has 0 aromatic heterocycles. The van der Waals surface area contributed by atoms with Crippen LogP contribution in [0.1, 0.15) is 16.8 Å². The van der Waals surface area contributed by atoms with Crippen molar-refractivity contribution in [1.82, 2.24) is 0 Å². The van der Waals surface area contributed by atoms with Gasteiger partial charge in [0.05, 0.1) is 30.0 Å². The van der Waals surface area contributed by atoms with Gasteiger partial charge in [0.15, 0.2) is 0 Å². The number of benzene rings is 1. The minimum absolute atomic E-state index is 0.000709. The monoisotopic (exact) mass is 288 g/mol. The minimum Gasteiger partial charge on any atom is -0.478 e. The van der Waals surface area contributed by atoms with E-state index in [0.29, 0.717) is 0 Å². The second-order valence-electron chi connectivity index (χ2n) is 3.87. The van der Waals surface area contributed by atoms with E-state index in [9.17, 15) is 18.4 Å². The van der Waals surface area contributed by atoms with Gasteiger partial charge in [-0.2, -0.15) is 0 Å². The molecule has 1 aromatic carbocycles. The van der Waals surface area contributed by atoms with Crippen LogP contribution in [0, 0.1) is 0 Å². The number of amides is 1. The number of carbonyl (C=O) groups excluding carboxylic acids is 1. The highest BCUT2D eigenvalue weighted by molar-refractivity contribution is 5.96. The Hall–Kier alpha value is -2.22. The van der Waals surface area contributed by atoms with E-state index >= 15 is 0 Å². The quantitative estimate of drug-likeness (QED) is 0.522. The molecule has 1 amide bonds. The summed E-state index contributed by atoms with van der Waals surface area (Å²) in [5.41, 5.74) is 5.96. The molecular formula is C12H14F2N2O4. The summed E-state index contributed by atoms with van der Waals surface area (Å²) in [5.74, 6) is -1.59. The molecule has 1 aromatic rings. The second kappa shape index (κ2) is 7.39. The minimum atomic E-state index is -2.57. The number of anilines is 2. The molecule has 0 unspecified atom stereocenters. The third kappa shape index (κ3) is 5.19. The van der Waals surface area contributed by atoms with E-state index in [1.807, 2.05) is 0 Å². The van der Waals surface area contributed by atoms with Gasteiger partial charge in [0.25, 0.3) is 6.43 Å². The molecule has 0 atom stereocenters. The smallest absolute Gasteiger partial charge is 0.335 e. The fraction of sp³-hybridized carbons (Fsp3) is 0.333. The predicted octanol–water partition coefficient (Wildman–Crippen LogP) is 1.58. The third-order valence-electron chi connectivity index (χ3n) is 2.29. The molecular weight excluding hydrogens is 274 g/mol. The van der Waals surface area contributed by atoms with Crippen LogP contribution in [0.3, 0.4) is 0 Å². The van der Waals surface area contributed by atoms with E-state index in [-0.39, 0.29) is 30.0 Å². The van der Waals surface area contributed by atoms with Gasteiger partial charge >= 0.3 is 5.97 Å². The highest BCUT2D eigenvalue weighted by atomic mass is 19.3. The third-order valence-corrected chi connectivity index (χ3v) is 2.29. The first-order chi connectivity index (χ1) is 9.40. The number of aromatic carboxylic acids is 1. The van der Waals surface area contributed by atoms with Crippen LogP contribution in [0.2, 0.25) is 0 Å². The first-order valence-corrected chi connectivity index (χ1v) is 5.68. The maximum absolute atomic E-state index is 11.8. The summed E-state index contributed by atoms with van der Waals surface area (Å²) >= 11 is 0. The van der Waals surface area contributed by atoms with E-state index in [4.69, 9.17) is 10.8 Å². The maximum atomic E-state index is 11.8. The fourth-order valence-corrected chi connectivity index (χ4v) is 1.36. The summed E-state index contributed by atoms with van der Waals surface area (Å²) in [6, 6.07) is 3.86. The summed E-state index contributed by atoms with van der Waals surface area (Å²) in [5, 5.41) is 11.2. The number of alkyl halides is 2. The van der Waals surface area contributed by atoms with Gasteiger partial charge in [-0.25, -0.2) is 13.6 Å². The Morgan fingerprint density at radius 2 is 2.10 bits per heavy atom. The molecule has 6 nitrogen and oxygen atoms in total. The van der Waals surface area contributed by atoms with E-state index in [2.05, 4.69) is 10.1 Å². The average Bonchev–Trinajstić information content (AvgIpc) is 2.36. The van der Waals surface area contributed by atoms with E-state index in [0.717, 1.165) is 0 Å². The molecule has 0 radical (unpaired) electrons. The summed E-state index contributed by atoms with van der Waals surface area (Å²) in [6.45, 7) is -0.855. The van der Waals surface area contributed by atoms with Crippen LogP contribution in [-0.2, 0) is 9.53 Å². The Balaban J connectivity index is 2.48. The zero-order chi connectivity index (χ0) is 15.1. The van der Waals surface area contributed by atoms with Gasteiger partial charge in [0.1, 0.15) is 6.61 Å². The molecule has 0 bridgehead atoms. The molecule has 110 valence electrons. The second-order valence-corrected chi connectivity index (χ2v) is 3.87. The van der Waals surface area contributed by atoms with Gasteiger partial charge in [-0.3, -0.25) is 4.79 Å². The van der Waals surface area contributed by atoms with Crippen LogP contribution >= 0.6 is 0 Å². The standard InChI is InChI=1S/C12H14F2N2O4/c13-10(14)6-20-4-3-11(17)16-9-2-1-7(12(18)19)5-8(9)15/h1-2,5,10H,3-4,6,15H2,(H,16,17)(H,18,19). The van der Waals surface area contributed by atoms with Crippen LogP contribution in [0.25, 0.3) is 0 Å². The molecule has 0 saturated heterocycles. The number of rotatable bonds is 7. The van der Waals surface area contributed by atoms with Crippen molar-refractivity contribution >= 4 is 23.3 Å². The van der Waals surface area contributed by atoms with Crippen LogP contribution < -0.4 is 11.1 Å². The molecule has 0 spiro atoms. The lowest BCUT2D eigenvalue weighted by Gasteiger charge is -2.09. The summed E-state index contributed by atoms with van der Waals surface area (Å²) < 4.78 is 28.1. The summed E-state index contributed by atoms with van der Waals surface area (Å²) in [4.78, 5) is 22.2. The zero-order valence-electron chi connectivity index (χ0n) is 10.4. The number of nitrogens with one attached hydrogen (secondary N) is 1. The van der Waals surface area contributed by atoms with Gasteiger partial charge in [0, 0.05) is 0 Å². The van der Waals surface area contributed by atoms with Crippen molar-refractivity contribution in [2.24, 2.45) is 0 Å². The van der Waals surface area contributed by atoms with Crippen LogP contribution in [0.15, 0.2) is 18.2 Å². The molecule has 4 N–H and O–H groups in total. The van der Waals surface area contributed by atoms with Crippen molar-refractivity contribution in [3.8, 4) is 0 Å². The lowest BCUT2D eigenvalue weighted by molar-refractivity contribution is -0.117. The van der Waals surface area contributed by atoms with Crippen LogP contribution in [0.5, 0.6) is 0 Å². The number of hydrogen-bond donors (Lipinski definition) is 3. The molecule has 0 fully saturated rings. The SMILES string of the molecule is Nc1cc(C(=O)O)ccc1NC(=O)CCOCC(F)F. The van der Waals surface area contributed by atoms with Crippen LogP contribution in [0.4, 0.5) is 20.2 Å². The van der Waals surface area contributed by atoms with Crippen molar-refractivity contribution in [1.29, 1.82) is 0 Å². The molecule has 0 aliphatic carbocycles. The van der Waals surface area contributed by atoms with E-state index < -0.39 is 24.9 Å². The highest BCUT2D eigenvalue weighted by Gasteiger charge is 2.09. The predicted molar refractivity (Wildman–Crippen MR) is 67.9 cm³/mol. The number of carboxylic acid groups (broad SMARTS) is 1. The number of nitrogens with two attached hydrogens (primary N) is 1. The summed E-state index contributed by atoms with van der Waals surface area (Å²) in [7, 11) is 0. The fourth-order valence-electron chi connectivity index (χ4n) is 1.36. The van der Waals surface area contributed by atoms with Crippen molar-refractivity contribution in [2.45, 2.75) is 12.8 Å². The van der Waals surface area contributed by atoms with Crippen molar-refractivity contribution < 1.29 is 28.2 Å². The lowest BCUT2D eigenvalue weighted by atomic mass is 10.1. The number of nitrogen functional groups attached to an aromatic ring is 1. The topological polar surface area (TPSA) is 102 Å². The average molecular weight is 288 g/mol. The Kier molecular flexibility index (Phi) is 5.85. The number of carbonyl (C=O) groups is 2. The van der Waals surface area contributed by atoms with E-state index in [1.165, 1.54) is 18.2 Å². The number of hydrogen-bond acceptors (Lipinski definition) is 4. The Bertz CT molecular complexity index is 494. The molecule has 8 heteroatoms. The van der Waals surface area contributed by atoms with Crippen molar-refractivity contribution in [2.75, 3.05) is 24.3 Å². The maximum Gasteiger partial charge on any atom is 0.335 e. The first kappa shape index (κ1) is 15.8. The van der Waals surface area contributed by atoms with Gasteiger partial charge in [-0.15, -0.1) is 0 Å². The van der Waals surface area contributed by atoms with Gasteiger partial charge < -0.3 is 20.9 Å². The van der Waals surface area contributed by atoms with Crippen molar-refractivity contribution in [3.63, 3.8) is 0 Å². The van der Waals surface area contributed by atoms with Crippen LogP contribution in [-0.4, -0.2) is 36.6 Å². The Morgan fingerprint density at radius 1 is 1.40 bits per heavy atom. The largest absolute Gasteiger partial charge is 0.478 e. The zero-order valence-corrected chi connectivity index (χ0v) is 10.4. The number of carboxylic acids is 1. The van der Waals surface area contributed by atoms with E-state index in [1.54, 1.807) is 0 Å². The molecule has 0 heterocycles. The molecule has 0 aliphatic rings. The van der Waals surface area contributed by atoms with Crippen molar-refractivity contribution in [3.05, 3.63) is 23.8 Å². The first-order valence-electron chi connectivity index (χ1n) is 5.68. The van der Waals surface area contributed by atoms with Gasteiger partial charge in [-0.1, -0.05) is 0 Å². The molecule has 0 aliphatic heterocycles. The molecule has 0 saturated carbocycles. The Morgan fingerprint density at radius 3 is 2.65 bits per heavy atom. The number of halogens is 2. The number of ether oxygens (including phenoxy) is 1. The van der Waals surface area contributed by atoms with Gasteiger partial charge in [0.2, 0.25) is 5.91 Å².